The SMILES string of the molecule is CCCN1CC=C[C@@H]2S[C@]34C=CCN(c5c(C)cccc5Cl)C(=O)C3N([C@@H](CO)[C@@H](C)CC)C(=O)[C@@H]4[C@@H]2C1=O. The monoisotopic (exact) mass is 571 g/mol. The number of anilines is 1. The van der Waals surface area contributed by atoms with E-state index < -0.39 is 28.7 Å². The molecule has 4 heterocycles. The summed E-state index contributed by atoms with van der Waals surface area (Å²) in [6.45, 7) is 9.19. The Bertz CT molecular complexity index is 1200. The largest absolute Gasteiger partial charge is 0.394 e. The second kappa shape index (κ2) is 10.9. The molecule has 1 spiro atoms. The van der Waals surface area contributed by atoms with Gasteiger partial charge in [0.2, 0.25) is 11.8 Å². The van der Waals surface area contributed by atoms with Crippen LogP contribution in [0.2, 0.25) is 5.02 Å². The van der Waals surface area contributed by atoms with Crippen molar-refractivity contribution in [3.63, 3.8) is 0 Å². The van der Waals surface area contributed by atoms with Gasteiger partial charge in [-0.1, -0.05) is 75.2 Å². The smallest absolute Gasteiger partial charge is 0.251 e. The van der Waals surface area contributed by atoms with Crippen LogP contribution in [0.25, 0.3) is 0 Å². The summed E-state index contributed by atoms with van der Waals surface area (Å²) in [5, 5.41) is 10.8. The van der Waals surface area contributed by atoms with E-state index in [9.17, 15) is 19.5 Å². The predicted molar refractivity (Wildman–Crippen MR) is 156 cm³/mol. The van der Waals surface area contributed by atoms with Crippen LogP contribution in [0.4, 0.5) is 5.69 Å². The number of carbonyl (C=O) groups is 3. The van der Waals surface area contributed by atoms with Crippen LogP contribution >= 0.6 is 23.4 Å². The van der Waals surface area contributed by atoms with Crippen LogP contribution in [0, 0.1) is 24.7 Å². The van der Waals surface area contributed by atoms with Gasteiger partial charge in [0.05, 0.1) is 39.9 Å². The molecule has 0 saturated carbocycles. The van der Waals surface area contributed by atoms with Crippen LogP contribution in [0.3, 0.4) is 0 Å². The average Bonchev–Trinajstić information content (AvgIpc) is 3.23. The minimum atomic E-state index is -0.927. The van der Waals surface area contributed by atoms with Gasteiger partial charge in [-0.05, 0) is 30.9 Å². The van der Waals surface area contributed by atoms with E-state index in [1.807, 2.05) is 63.0 Å². The molecule has 0 bridgehead atoms. The van der Waals surface area contributed by atoms with Gasteiger partial charge in [-0.25, -0.2) is 0 Å². The zero-order valence-corrected chi connectivity index (χ0v) is 24.6. The number of carbonyl (C=O) groups excluding carboxylic acids is 3. The molecule has 1 N–H and O–H groups in total. The molecule has 4 aliphatic rings. The lowest BCUT2D eigenvalue weighted by molar-refractivity contribution is -0.145. The van der Waals surface area contributed by atoms with E-state index in [1.54, 1.807) is 27.6 Å². The number of thioether (sulfide) groups is 1. The molecule has 1 aromatic carbocycles. The first-order chi connectivity index (χ1) is 18.7. The van der Waals surface area contributed by atoms with Crippen LogP contribution in [0.1, 0.15) is 39.2 Å². The molecule has 4 aliphatic heterocycles. The maximum absolute atomic E-state index is 14.7. The minimum Gasteiger partial charge on any atom is -0.394 e. The van der Waals surface area contributed by atoms with Gasteiger partial charge in [0.15, 0.2) is 0 Å². The Balaban J connectivity index is 1.67. The Morgan fingerprint density at radius 3 is 2.56 bits per heavy atom. The lowest BCUT2D eigenvalue weighted by Gasteiger charge is -2.40. The highest BCUT2D eigenvalue weighted by Gasteiger charge is 2.72. The molecule has 0 radical (unpaired) electrons. The van der Waals surface area contributed by atoms with Crippen molar-refractivity contribution < 1.29 is 19.5 Å². The van der Waals surface area contributed by atoms with E-state index >= 15 is 0 Å². The van der Waals surface area contributed by atoms with Crippen LogP contribution < -0.4 is 4.90 Å². The average molecular weight is 572 g/mol. The van der Waals surface area contributed by atoms with Gasteiger partial charge >= 0.3 is 0 Å². The molecule has 9 heteroatoms. The maximum Gasteiger partial charge on any atom is 0.251 e. The van der Waals surface area contributed by atoms with Gasteiger partial charge in [-0.3, -0.25) is 14.4 Å². The molecule has 1 unspecified atom stereocenters. The number of aliphatic hydroxyl groups excluding tert-OH is 1. The van der Waals surface area contributed by atoms with Crippen molar-refractivity contribution in [1.29, 1.82) is 0 Å². The standard InChI is InChI=1S/C30H38ClN3O4S/c1-5-14-32-15-8-12-22-23(27(32)36)24-28(37)34(21(17-35)18(3)6-2)26-29(38)33(16-9-13-30(24,26)39-22)25-19(4)10-7-11-20(25)31/h7-13,18,21-24,26,35H,5-6,14-17H2,1-4H3/t18-,21-,22-,23+,24-,26?,30-/m0/s1. The molecule has 39 heavy (non-hydrogen) atoms. The fourth-order valence-corrected chi connectivity index (χ4v) is 9.25. The summed E-state index contributed by atoms with van der Waals surface area (Å²) in [4.78, 5) is 48.4. The Labute approximate surface area is 240 Å². The van der Waals surface area contributed by atoms with E-state index in [4.69, 9.17) is 11.6 Å². The van der Waals surface area contributed by atoms with Crippen molar-refractivity contribution in [3.05, 3.63) is 53.1 Å². The Morgan fingerprint density at radius 2 is 1.90 bits per heavy atom. The topological polar surface area (TPSA) is 81.2 Å². The van der Waals surface area contributed by atoms with Gasteiger partial charge < -0.3 is 19.8 Å². The molecule has 5 rings (SSSR count). The molecule has 7 atom stereocenters. The zero-order valence-electron chi connectivity index (χ0n) is 23.0. The number of fused-ring (bicyclic) bond motifs is 2. The molecule has 2 saturated heterocycles. The summed E-state index contributed by atoms with van der Waals surface area (Å²) in [6, 6.07) is 4.14. The highest BCUT2D eigenvalue weighted by Crippen LogP contribution is 2.61. The summed E-state index contributed by atoms with van der Waals surface area (Å²) in [7, 11) is 0. The van der Waals surface area contributed by atoms with Crippen LogP contribution in [-0.2, 0) is 14.4 Å². The molecule has 0 aliphatic carbocycles. The number of benzene rings is 1. The third kappa shape index (κ3) is 4.34. The molecule has 210 valence electrons. The second-order valence-electron chi connectivity index (χ2n) is 11.2. The van der Waals surface area contributed by atoms with E-state index in [-0.39, 0.29) is 35.5 Å². The Hall–Kier alpha value is -2.29. The number of amides is 3. The van der Waals surface area contributed by atoms with E-state index in [0.29, 0.717) is 30.3 Å². The van der Waals surface area contributed by atoms with Gasteiger partial charge in [-0.2, -0.15) is 0 Å². The fraction of sp³-hybridized carbons (Fsp3) is 0.567. The number of nitrogens with zero attached hydrogens (tertiary/aromatic N) is 3. The van der Waals surface area contributed by atoms with Crippen molar-refractivity contribution in [2.24, 2.45) is 17.8 Å². The Morgan fingerprint density at radius 1 is 1.13 bits per heavy atom. The number of likely N-dealkylation sites (tertiary alicyclic amines) is 1. The Kier molecular flexibility index (Phi) is 7.92. The molecular formula is C30H38ClN3O4S. The van der Waals surface area contributed by atoms with Gasteiger partial charge in [-0.15, -0.1) is 11.8 Å². The number of hydrogen-bond acceptors (Lipinski definition) is 5. The van der Waals surface area contributed by atoms with Crippen molar-refractivity contribution in [2.75, 3.05) is 31.1 Å². The lowest BCUT2D eigenvalue weighted by atomic mass is 9.78. The zero-order chi connectivity index (χ0) is 28.1. The molecule has 7 nitrogen and oxygen atoms in total. The number of hydrogen-bond donors (Lipinski definition) is 1. The summed E-state index contributed by atoms with van der Waals surface area (Å²) < 4.78 is -0.927. The first-order valence-corrected chi connectivity index (χ1v) is 15.3. The number of aryl methyl sites for hydroxylation is 1. The molecular weight excluding hydrogens is 534 g/mol. The third-order valence-electron chi connectivity index (χ3n) is 8.98. The lowest BCUT2D eigenvalue weighted by Crippen LogP contribution is -2.58. The molecule has 1 aromatic rings. The summed E-state index contributed by atoms with van der Waals surface area (Å²) in [5.74, 6) is -1.76. The number of para-hydroxylation sites is 1. The first kappa shape index (κ1) is 28.2. The van der Waals surface area contributed by atoms with Gasteiger partial charge in [0.1, 0.15) is 6.04 Å². The van der Waals surface area contributed by atoms with Crippen molar-refractivity contribution >= 4 is 46.8 Å². The maximum atomic E-state index is 14.7. The normalized spacial score (nSPS) is 31.6. The molecule has 2 fully saturated rings. The predicted octanol–water partition coefficient (Wildman–Crippen LogP) is 4.06. The quantitative estimate of drug-likeness (QED) is 0.499. The van der Waals surface area contributed by atoms with Gasteiger partial charge in [0.25, 0.3) is 5.91 Å². The van der Waals surface area contributed by atoms with E-state index in [1.165, 1.54) is 0 Å². The van der Waals surface area contributed by atoms with Crippen LogP contribution in [0.5, 0.6) is 0 Å². The molecule has 0 aromatic heterocycles. The second-order valence-corrected chi connectivity index (χ2v) is 13.1. The highest BCUT2D eigenvalue weighted by molar-refractivity contribution is 8.02. The van der Waals surface area contributed by atoms with Crippen molar-refractivity contribution in [1.82, 2.24) is 9.80 Å². The van der Waals surface area contributed by atoms with Crippen LogP contribution in [0.15, 0.2) is 42.5 Å². The summed E-state index contributed by atoms with van der Waals surface area (Å²) >= 11 is 8.21. The van der Waals surface area contributed by atoms with Crippen molar-refractivity contribution in [2.45, 2.75) is 62.6 Å². The first-order valence-electron chi connectivity index (χ1n) is 14.0. The summed E-state index contributed by atoms with van der Waals surface area (Å²) in [6.07, 6.45) is 9.62. The fourth-order valence-electron chi connectivity index (χ4n) is 6.94. The molecule has 3 amide bonds. The minimum absolute atomic E-state index is 0.0248. The third-order valence-corrected chi connectivity index (χ3v) is 11.0. The number of halogens is 1. The number of aliphatic hydroxyl groups is 1. The summed E-state index contributed by atoms with van der Waals surface area (Å²) in [5.41, 5.74) is 1.50. The number of rotatable bonds is 7. The van der Waals surface area contributed by atoms with Crippen molar-refractivity contribution in [3.8, 4) is 0 Å². The van der Waals surface area contributed by atoms with Gasteiger partial charge in [0, 0.05) is 24.9 Å². The highest BCUT2D eigenvalue weighted by atomic mass is 35.5. The van der Waals surface area contributed by atoms with E-state index in [0.717, 1.165) is 18.4 Å². The van der Waals surface area contributed by atoms with Crippen LogP contribution in [-0.4, -0.2) is 80.9 Å². The van der Waals surface area contributed by atoms with E-state index in [2.05, 4.69) is 6.08 Å².